The second kappa shape index (κ2) is 2.73. The van der Waals surface area contributed by atoms with E-state index in [9.17, 15) is 0 Å². The van der Waals surface area contributed by atoms with Crippen molar-refractivity contribution >= 4 is 5.71 Å². The summed E-state index contributed by atoms with van der Waals surface area (Å²) in [6.07, 6.45) is 1.91. The van der Waals surface area contributed by atoms with Crippen molar-refractivity contribution in [2.75, 3.05) is 0 Å². The van der Waals surface area contributed by atoms with E-state index in [-0.39, 0.29) is 5.54 Å². The van der Waals surface area contributed by atoms with Gasteiger partial charge in [0.15, 0.2) is 0 Å². The molecule has 1 aromatic heterocycles. The largest absolute Gasteiger partial charge is 0.303 e. The third kappa shape index (κ3) is 1.72. The number of hydrogen-bond donors (Lipinski definition) is 1. The lowest BCUT2D eigenvalue weighted by atomic mass is 10.1. The van der Waals surface area contributed by atoms with Gasteiger partial charge in [-0.05, 0) is 33.8 Å². The zero-order valence-electron chi connectivity index (χ0n) is 8.05. The van der Waals surface area contributed by atoms with Crippen LogP contribution in [0.5, 0.6) is 0 Å². The summed E-state index contributed by atoms with van der Waals surface area (Å²) in [5, 5.41) is 11.7. The Morgan fingerprint density at radius 2 is 2.08 bits per heavy atom. The van der Waals surface area contributed by atoms with Crippen LogP contribution in [0.25, 0.3) is 0 Å². The highest BCUT2D eigenvalue weighted by Gasteiger charge is 2.13. The number of rotatable bonds is 1. The molecule has 0 aliphatic carbocycles. The molecule has 0 aliphatic heterocycles. The molecular formula is C9H15N3. The normalized spacial score (nSPS) is 11.7. The Morgan fingerprint density at radius 1 is 1.50 bits per heavy atom. The Hall–Kier alpha value is -1.12. The van der Waals surface area contributed by atoms with Crippen LogP contribution in [0.15, 0.2) is 12.3 Å². The molecular weight excluding hydrogens is 150 g/mol. The van der Waals surface area contributed by atoms with Crippen molar-refractivity contribution in [2.24, 2.45) is 0 Å². The molecule has 0 bridgehead atoms. The molecule has 0 unspecified atom stereocenters. The lowest BCUT2D eigenvalue weighted by molar-refractivity contribution is 0.355. The SMILES string of the molecule is CC(=N)c1ccn(C(C)(C)C)n1. The highest BCUT2D eigenvalue weighted by molar-refractivity contribution is 5.94. The van der Waals surface area contributed by atoms with Crippen molar-refractivity contribution in [2.45, 2.75) is 33.2 Å². The lowest BCUT2D eigenvalue weighted by Crippen LogP contribution is -2.22. The van der Waals surface area contributed by atoms with E-state index in [1.54, 1.807) is 6.92 Å². The first-order valence-corrected chi connectivity index (χ1v) is 4.03. The second-order valence-corrected chi connectivity index (χ2v) is 3.94. The summed E-state index contributed by atoms with van der Waals surface area (Å²) in [4.78, 5) is 0. The zero-order chi connectivity index (χ0) is 9.35. The van der Waals surface area contributed by atoms with Gasteiger partial charge < -0.3 is 5.41 Å². The maximum absolute atomic E-state index is 7.38. The standard InChI is InChI=1S/C9H15N3/c1-7(10)8-5-6-12(11-8)9(2,3)4/h5-6,10H,1-4H3. The van der Waals surface area contributed by atoms with Crippen LogP contribution < -0.4 is 0 Å². The van der Waals surface area contributed by atoms with E-state index < -0.39 is 0 Å². The lowest BCUT2D eigenvalue weighted by Gasteiger charge is -2.18. The first kappa shape index (κ1) is 8.97. The first-order chi connectivity index (χ1) is 5.41. The summed E-state index contributed by atoms with van der Waals surface area (Å²) < 4.78 is 1.88. The van der Waals surface area contributed by atoms with Gasteiger partial charge in [0.05, 0.1) is 11.3 Å². The Labute approximate surface area is 72.9 Å². The van der Waals surface area contributed by atoms with Crippen LogP contribution in [0.1, 0.15) is 33.4 Å². The van der Waals surface area contributed by atoms with Gasteiger partial charge in [-0.1, -0.05) is 0 Å². The molecule has 0 amide bonds. The molecule has 0 fully saturated rings. The van der Waals surface area contributed by atoms with Gasteiger partial charge >= 0.3 is 0 Å². The summed E-state index contributed by atoms with van der Waals surface area (Å²) in [6, 6.07) is 1.87. The van der Waals surface area contributed by atoms with E-state index in [0.29, 0.717) is 5.71 Å². The Bertz CT molecular complexity index is 291. The smallest absolute Gasteiger partial charge is 0.106 e. The van der Waals surface area contributed by atoms with E-state index >= 15 is 0 Å². The third-order valence-corrected chi connectivity index (χ3v) is 1.66. The molecule has 0 aliphatic rings. The van der Waals surface area contributed by atoms with E-state index in [0.717, 1.165) is 5.69 Å². The van der Waals surface area contributed by atoms with Crippen molar-refractivity contribution in [3.63, 3.8) is 0 Å². The summed E-state index contributed by atoms with van der Waals surface area (Å²) in [5.74, 6) is 0. The van der Waals surface area contributed by atoms with Crippen molar-refractivity contribution in [1.82, 2.24) is 9.78 Å². The second-order valence-electron chi connectivity index (χ2n) is 3.94. The summed E-state index contributed by atoms with van der Waals surface area (Å²) in [6.45, 7) is 8.00. The molecule has 0 aromatic carbocycles. The van der Waals surface area contributed by atoms with Gasteiger partial charge in [-0.2, -0.15) is 5.10 Å². The molecule has 12 heavy (non-hydrogen) atoms. The zero-order valence-corrected chi connectivity index (χ0v) is 8.05. The minimum Gasteiger partial charge on any atom is -0.303 e. The van der Waals surface area contributed by atoms with Crippen LogP contribution in [-0.4, -0.2) is 15.5 Å². The van der Waals surface area contributed by atoms with Gasteiger partial charge in [-0.15, -0.1) is 0 Å². The van der Waals surface area contributed by atoms with Crippen LogP contribution >= 0.6 is 0 Å². The van der Waals surface area contributed by atoms with Gasteiger partial charge in [0.1, 0.15) is 5.69 Å². The molecule has 1 N–H and O–H groups in total. The molecule has 1 rings (SSSR count). The highest BCUT2D eigenvalue weighted by atomic mass is 15.3. The predicted octanol–water partition coefficient (Wildman–Crippen LogP) is 2.03. The maximum Gasteiger partial charge on any atom is 0.106 e. The molecule has 0 spiro atoms. The number of nitrogens with zero attached hydrogens (tertiary/aromatic N) is 2. The average molecular weight is 165 g/mol. The molecule has 0 saturated carbocycles. The van der Waals surface area contributed by atoms with Gasteiger partial charge in [0, 0.05) is 6.20 Å². The van der Waals surface area contributed by atoms with E-state index in [1.807, 2.05) is 16.9 Å². The Balaban J connectivity index is 3.00. The third-order valence-electron chi connectivity index (χ3n) is 1.66. The Morgan fingerprint density at radius 3 is 2.33 bits per heavy atom. The minimum absolute atomic E-state index is 0.00764. The molecule has 1 heterocycles. The van der Waals surface area contributed by atoms with E-state index in [4.69, 9.17) is 5.41 Å². The average Bonchev–Trinajstić information content (AvgIpc) is 2.30. The molecule has 0 atom stereocenters. The fraction of sp³-hybridized carbons (Fsp3) is 0.556. The summed E-state index contributed by atoms with van der Waals surface area (Å²) in [7, 11) is 0. The summed E-state index contributed by atoms with van der Waals surface area (Å²) in [5.41, 5.74) is 1.27. The number of nitrogens with one attached hydrogen (secondary N) is 1. The maximum atomic E-state index is 7.38. The van der Waals surface area contributed by atoms with Crippen LogP contribution in [0.4, 0.5) is 0 Å². The van der Waals surface area contributed by atoms with Crippen LogP contribution in [0, 0.1) is 5.41 Å². The van der Waals surface area contributed by atoms with Gasteiger partial charge in [-0.3, -0.25) is 4.68 Å². The van der Waals surface area contributed by atoms with E-state index in [2.05, 4.69) is 25.9 Å². The first-order valence-electron chi connectivity index (χ1n) is 4.03. The van der Waals surface area contributed by atoms with Gasteiger partial charge in [0.25, 0.3) is 0 Å². The molecule has 3 nitrogen and oxygen atoms in total. The monoisotopic (exact) mass is 165 g/mol. The molecule has 0 radical (unpaired) electrons. The van der Waals surface area contributed by atoms with Gasteiger partial charge in [-0.25, -0.2) is 0 Å². The van der Waals surface area contributed by atoms with Crippen molar-refractivity contribution < 1.29 is 0 Å². The number of hydrogen-bond acceptors (Lipinski definition) is 2. The fourth-order valence-electron chi connectivity index (χ4n) is 0.898. The Kier molecular flexibility index (Phi) is 2.04. The number of aromatic nitrogens is 2. The highest BCUT2D eigenvalue weighted by Crippen LogP contribution is 2.12. The summed E-state index contributed by atoms with van der Waals surface area (Å²) >= 11 is 0. The van der Waals surface area contributed by atoms with Gasteiger partial charge in [0.2, 0.25) is 0 Å². The van der Waals surface area contributed by atoms with E-state index in [1.165, 1.54) is 0 Å². The van der Waals surface area contributed by atoms with Crippen LogP contribution in [0.2, 0.25) is 0 Å². The van der Waals surface area contributed by atoms with Crippen molar-refractivity contribution in [3.05, 3.63) is 18.0 Å². The van der Waals surface area contributed by atoms with Crippen molar-refractivity contribution in [3.8, 4) is 0 Å². The molecule has 0 saturated heterocycles. The molecule has 1 aromatic rings. The minimum atomic E-state index is 0.00764. The predicted molar refractivity (Wildman–Crippen MR) is 49.7 cm³/mol. The quantitative estimate of drug-likeness (QED) is 0.635. The molecule has 66 valence electrons. The van der Waals surface area contributed by atoms with Crippen molar-refractivity contribution in [1.29, 1.82) is 5.41 Å². The fourth-order valence-corrected chi connectivity index (χ4v) is 0.898. The molecule has 3 heteroatoms. The van der Waals surface area contributed by atoms with Crippen LogP contribution in [0.3, 0.4) is 0 Å². The topological polar surface area (TPSA) is 41.7 Å². The van der Waals surface area contributed by atoms with Crippen LogP contribution in [-0.2, 0) is 5.54 Å².